The van der Waals surface area contributed by atoms with E-state index in [4.69, 9.17) is 15.2 Å². The Balaban J connectivity index is 0.00000151. The molecule has 1 aromatic carbocycles. The van der Waals surface area contributed by atoms with Crippen molar-refractivity contribution in [1.29, 1.82) is 0 Å². The van der Waals surface area contributed by atoms with Gasteiger partial charge in [0.2, 0.25) is 18.2 Å². The molecule has 6 unspecified atom stereocenters. The lowest BCUT2D eigenvalue weighted by Gasteiger charge is -2.38. The molecule has 6 atom stereocenters. The van der Waals surface area contributed by atoms with Crippen molar-refractivity contribution in [3.05, 3.63) is 35.9 Å². The van der Waals surface area contributed by atoms with Crippen LogP contribution in [-0.4, -0.2) is 112 Å². The van der Waals surface area contributed by atoms with E-state index >= 15 is 0 Å². The molecular weight excluding hydrogens is 646 g/mol. The average Bonchev–Trinajstić information content (AvgIpc) is 3.73. The molecule has 4 N–H and O–H groups in total. The summed E-state index contributed by atoms with van der Waals surface area (Å²) in [6.45, 7) is 17.9. The predicted molar refractivity (Wildman–Crippen MR) is 207 cm³/mol. The van der Waals surface area contributed by atoms with Gasteiger partial charge in [-0.1, -0.05) is 77.8 Å². The zero-order valence-electron chi connectivity index (χ0n) is 34.0. The summed E-state index contributed by atoms with van der Waals surface area (Å²) in [4.78, 5) is 49.6. The molecule has 1 saturated carbocycles. The predicted octanol–water partition coefficient (Wildman–Crippen LogP) is 4.95. The monoisotopic (exact) mass is 720 g/mol. The lowest BCUT2D eigenvalue weighted by Crippen LogP contribution is -2.52. The topological polar surface area (TPSA) is 143 Å². The number of ether oxygens (including phenoxy) is 2. The molecule has 51 heavy (non-hydrogen) atoms. The molecule has 1 aliphatic heterocycles. The van der Waals surface area contributed by atoms with Gasteiger partial charge in [0.05, 0.1) is 37.1 Å². The standard InChI is InChI=1S/C30H49N3O4.C4H11N.C3H5NO2.C3H8/c1-8-21(2)27(32(4)5)25(36-6)19-26(34)33-18-12-15-24(33)28(37-7)22(3)29(35)31-20-30(16-17-30)23-13-10-9-11-14-23;1-4(2,3)5;5-2-1-4-3-6;1-3-2/h9-11,13-14,21-22,24-25,27-28H,8,12,15-20H2,1-7H3,(H,31,35);5H2,1-3H3;2-3H,1H2,(H,4,6);3H2,1-2H3. The number of hydrogen-bond acceptors (Lipinski definition) is 8. The smallest absolute Gasteiger partial charge is 0.225 e. The minimum absolute atomic E-state index is 0. The third-order valence-corrected chi connectivity index (χ3v) is 9.19. The van der Waals surface area contributed by atoms with E-state index in [1.165, 1.54) is 12.0 Å². The summed E-state index contributed by atoms with van der Waals surface area (Å²) in [6.07, 6.45) is 7.11. The molecule has 3 rings (SSSR count). The number of carbonyl (C=O) groups excluding carboxylic acids is 4. The van der Waals surface area contributed by atoms with E-state index in [0.29, 0.717) is 38.1 Å². The quantitative estimate of drug-likeness (QED) is 0.152. The fourth-order valence-corrected chi connectivity index (χ4v) is 6.39. The van der Waals surface area contributed by atoms with Crippen molar-refractivity contribution in [3.8, 4) is 0 Å². The van der Waals surface area contributed by atoms with Gasteiger partial charge in [-0.2, -0.15) is 0 Å². The second-order valence-electron chi connectivity index (χ2n) is 15.2. The van der Waals surface area contributed by atoms with Crippen molar-refractivity contribution >= 4 is 24.5 Å². The molecule has 11 nitrogen and oxygen atoms in total. The second-order valence-corrected chi connectivity index (χ2v) is 15.2. The third kappa shape index (κ3) is 18.0. The van der Waals surface area contributed by atoms with Gasteiger partial charge >= 0.3 is 0 Å². The minimum atomic E-state index is -0.358. The molecule has 1 heterocycles. The van der Waals surface area contributed by atoms with Crippen LogP contribution in [0.5, 0.6) is 0 Å². The Morgan fingerprint density at radius 1 is 1.06 bits per heavy atom. The summed E-state index contributed by atoms with van der Waals surface area (Å²) in [5.41, 5.74) is 6.70. The summed E-state index contributed by atoms with van der Waals surface area (Å²) in [5.74, 6) is 0.124. The maximum atomic E-state index is 13.6. The van der Waals surface area contributed by atoms with Crippen molar-refractivity contribution in [2.24, 2.45) is 17.6 Å². The van der Waals surface area contributed by atoms with Gasteiger partial charge in [0.1, 0.15) is 6.29 Å². The molecule has 294 valence electrons. The highest BCUT2D eigenvalue weighted by Gasteiger charge is 2.45. The van der Waals surface area contributed by atoms with E-state index in [1.54, 1.807) is 14.2 Å². The number of amides is 3. The number of hydrogen-bond donors (Lipinski definition) is 3. The molecule has 2 fully saturated rings. The highest BCUT2D eigenvalue weighted by Crippen LogP contribution is 2.47. The summed E-state index contributed by atoms with van der Waals surface area (Å²) in [7, 11) is 7.46. The van der Waals surface area contributed by atoms with Crippen LogP contribution >= 0.6 is 0 Å². The highest BCUT2D eigenvalue weighted by molar-refractivity contribution is 5.80. The number of carbonyl (C=O) groups is 4. The number of benzene rings is 1. The van der Waals surface area contributed by atoms with Crippen LogP contribution in [0.1, 0.15) is 106 Å². The normalized spacial score (nSPS) is 18.9. The van der Waals surface area contributed by atoms with Gasteiger partial charge in [-0.05, 0) is 72.0 Å². The number of nitrogens with one attached hydrogen (secondary N) is 2. The molecule has 2 aliphatic rings. The molecule has 1 aromatic rings. The Kier molecular flexibility index (Phi) is 23.8. The van der Waals surface area contributed by atoms with Gasteiger partial charge in [-0.25, -0.2) is 0 Å². The van der Waals surface area contributed by atoms with Crippen LogP contribution in [0.25, 0.3) is 0 Å². The molecule has 3 amide bonds. The van der Waals surface area contributed by atoms with Crippen molar-refractivity contribution in [2.75, 3.05) is 47.9 Å². The van der Waals surface area contributed by atoms with Gasteiger partial charge in [-0.15, -0.1) is 0 Å². The first-order chi connectivity index (χ1) is 24.0. The van der Waals surface area contributed by atoms with E-state index in [1.807, 2.05) is 38.7 Å². The molecule has 1 aliphatic carbocycles. The highest BCUT2D eigenvalue weighted by atomic mass is 16.5. The molecular formula is C40H73N5O6. The largest absolute Gasteiger partial charge is 0.379 e. The molecule has 0 aromatic heterocycles. The van der Waals surface area contributed by atoms with E-state index in [2.05, 4.69) is 81.6 Å². The number of rotatable bonds is 17. The number of aldehydes is 1. The number of likely N-dealkylation sites (tertiary alicyclic amines) is 1. The van der Waals surface area contributed by atoms with E-state index in [-0.39, 0.29) is 59.5 Å². The number of likely N-dealkylation sites (N-methyl/N-ethyl adjacent to an activating group) is 1. The Bertz CT molecular complexity index is 1090. The van der Waals surface area contributed by atoms with Crippen molar-refractivity contribution in [3.63, 3.8) is 0 Å². The summed E-state index contributed by atoms with van der Waals surface area (Å²) < 4.78 is 11.8. The van der Waals surface area contributed by atoms with Crippen LogP contribution in [0.4, 0.5) is 0 Å². The third-order valence-electron chi connectivity index (χ3n) is 9.19. The molecule has 0 spiro atoms. The van der Waals surface area contributed by atoms with Crippen LogP contribution in [0.15, 0.2) is 30.3 Å². The number of nitrogens with two attached hydrogens (primary N) is 1. The van der Waals surface area contributed by atoms with E-state index in [0.717, 1.165) is 32.1 Å². The van der Waals surface area contributed by atoms with Crippen molar-refractivity contribution in [1.82, 2.24) is 20.4 Å². The minimum Gasteiger partial charge on any atom is -0.379 e. The molecule has 1 saturated heterocycles. The fourth-order valence-electron chi connectivity index (χ4n) is 6.39. The van der Waals surface area contributed by atoms with Crippen LogP contribution in [0, 0.1) is 11.8 Å². The van der Waals surface area contributed by atoms with Crippen LogP contribution in [0.3, 0.4) is 0 Å². The van der Waals surface area contributed by atoms with Gasteiger partial charge in [0, 0.05) is 44.3 Å². The summed E-state index contributed by atoms with van der Waals surface area (Å²) in [5, 5.41) is 5.36. The Morgan fingerprint density at radius 2 is 1.63 bits per heavy atom. The lowest BCUT2D eigenvalue weighted by molar-refractivity contribution is -0.142. The number of methoxy groups -OCH3 is 2. The maximum absolute atomic E-state index is 13.6. The fraction of sp³-hybridized carbons (Fsp3) is 0.750. The SMILES string of the molecule is CC(C)(C)N.CCC.CCC(C)C(C(CC(=O)N1CCCC1C(OC)C(C)C(=O)NCC1(c2ccccc2)CC1)OC)N(C)C.O=CCNC=O. The Labute approximate surface area is 310 Å². The number of nitrogens with zero attached hydrogens (tertiary/aromatic N) is 2. The molecule has 11 heteroatoms. The first-order valence-electron chi connectivity index (χ1n) is 18.8. The maximum Gasteiger partial charge on any atom is 0.225 e. The van der Waals surface area contributed by atoms with Crippen molar-refractivity contribution < 1.29 is 28.7 Å². The summed E-state index contributed by atoms with van der Waals surface area (Å²) >= 11 is 0. The van der Waals surface area contributed by atoms with E-state index < -0.39 is 0 Å². The Morgan fingerprint density at radius 3 is 2.04 bits per heavy atom. The molecule has 0 radical (unpaired) electrons. The van der Waals surface area contributed by atoms with Crippen LogP contribution in [-0.2, 0) is 34.1 Å². The van der Waals surface area contributed by atoms with Gasteiger partial charge < -0.3 is 40.4 Å². The van der Waals surface area contributed by atoms with Crippen LogP contribution in [0.2, 0.25) is 0 Å². The van der Waals surface area contributed by atoms with Gasteiger partial charge in [0.25, 0.3) is 0 Å². The molecule has 0 bridgehead atoms. The zero-order valence-corrected chi connectivity index (χ0v) is 34.0. The zero-order chi connectivity index (χ0) is 39.2. The summed E-state index contributed by atoms with van der Waals surface area (Å²) in [6, 6.07) is 10.5. The first kappa shape index (κ1) is 48.1. The van der Waals surface area contributed by atoms with E-state index in [9.17, 15) is 19.2 Å². The first-order valence-corrected chi connectivity index (χ1v) is 18.8. The van der Waals surface area contributed by atoms with Gasteiger partial charge in [0.15, 0.2) is 0 Å². The average molecular weight is 720 g/mol. The lowest BCUT2D eigenvalue weighted by atomic mass is 9.90. The van der Waals surface area contributed by atoms with Gasteiger partial charge in [-0.3, -0.25) is 14.4 Å². The Hall–Kier alpha value is -2.86. The van der Waals surface area contributed by atoms with Crippen LogP contribution < -0.4 is 16.4 Å². The second kappa shape index (κ2) is 25.2. The van der Waals surface area contributed by atoms with Crippen molar-refractivity contribution in [2.45, 2.75) is 136 Å².